The van der Waals surface area contributed by atoms with Gasteiger partial charge in [0.05, 0.1) is 0 Å². The van der Waals surface area contributed by atoms with Gasteiger partial charge >= 0.3 is 0 Å². The van der Waals surface area contributed by atoms with Crippen LogP contribution in [0, 0.1) is 18.6 Å². The maximum absolute atomic E-state index is 13.1. The van der Waals surface area contributed by atoms with Gasteiger partial charge in [0.25, 0.3) is 11.7 Å². The summed E-state index contributed by atoms with van der Waals surface area (Å²) in [6, 6.07) is 5.03. The third kappa shape index (κ3) is 2.62. The van der Waals surface area contributed by atoms with E-state index in [9.17, 15) is 13.6 Å². The van der Waals surface area contributed by atoms with Crippen LogP contribution in [0.4, 0.5) is 8.78 Å². The van der Waals surface area contributed by atoms with Gasteiger partial charge in [-0.1, -0.05) is 6.07 Å². The zero-order chi connectivity index (χ0) is 15.7. The highest BCUT2D eigenvalue weighted by Gasteiger charge is 2.13. The first-order chi connectivity index (χ1) is 10.5. The van der Waals surface area contributed by atoms with Gasteiger partial charge in [0.1, 0.15) is 12.0 Å². The molecule has 3 aromatic rings. The number of aromatic nitrogens is 4. The molecule has 0 spiro atoms. The summed E-state index contributed by atoms with van der Waals surface area (Å²) in [5.74, 6) is -1.97. The van der Waals surface area contributed by atoms with Crippen molar-refractivity contribution in [2.75, 3.05) is 0 Å². The minimum Gasteiger partial charge on any atom is -0.347 e. The molecule has 2 heterocycles. The molecule has 1 N–H and O–H groups in total. The molecule has 0 saturated carbocycles. The number of nitrogens with zero attached hydrogens (tertiary/aromatic N) is 4. The van der Waals surface area contributed by atoms with Crippen molar-refractivity contribution in [1.29, 1.82) is 0 Å². The Morgan fingerprint density at radius 1 is 1.27 bits per heavy atom. The fourth-order valence-corrected chi connectivity index (χ4v) is 2.01. The molecule has 0 saturated heterocycles. The first kappa shape index (κ1) is 14.1. The standard InChI is InChI=1S/C14H11F2N5O/c1-8-4-12(21-14(20-8)18-7-19-21)13(22)17-6-9-2-3-10(15)11(16)5-9/h2-5,7H,6H2,1H3,(H,17,22). The molecule has 2 aromatic heterocycles. The first-order valence-corrected chi connectivity index (χ1v) is 6.44. The molecule has 1 amide bonds. The Morgan fingerprint density at radius 3 is 2.86 bits per heavy atom. The zero-order valence-electron chi connectivity index (χ0n) is 11.5. The van der Waals surface area contributed by atoms with Crippen molar-refractivity contribution in [3.05, 3.63) is 59.2 Å². The van der Waals surface area contributed by atoms with Gasteiger partial charge in [0, 0.05) is 12.2 Å². The predicted molar refractivity (Wildman–Crippen MR) is 73.0 cm³/mol. The third-order valence-corrected chi connectivity index (χ3v) is 3.05. The normalized spacial score (nSPS) is 10.9. The predicted octanol–water partition coefficient (Wildman–Crippen LogP) is 1.64. The van der Waals surface area contributed by atoms with Gasteiger partial charge in [-0.2, -0.15) is 14.6 Å². The summed E-state index contributed by atoms with van der Waals surface area (Å²) >= 11 is 0. The Hall–Kier alpha value is -2.90. The van der Waals surface area contributed by atoms with Crippen LogP contribution in [0.2, 0.25) is 0 Å². The summed E-state index contributed by atoms with van der Waals surface area (Å²) < 4.78 is 27.3. The Morgan fingerprint density at radius 2 is 2.09 bits per heavy atom. The second kappa shape index (κ2) is 5.47. The molecule has 0 aliphatic rings. The van der Waals surface area contributed by atoms with Crippen LogP contribution in [0.1, 0.15) is 21.7 Å². The minimum atomic E-state index is -0.954. The number of aryl methyl sites for hydroxylation is 1. The van der Waals surface area contributed by atoms with Crippen molar-refractivity contribution < 1.29 is 13.6 Å². The van der Waals surface area contributed by atoms with Crippen LogP contribution in [-0.4, -0.2) is 25.5 Å². The molecule has 0 unspecified atom stereocenters. The van der Waals surface area contributed by atoms with E-state index in [-0.39, 0.29) is 12.2 Å². The highest BCUT2D eigenvalue weighted by atomic mass is 19.2. The van der Waals surface area contributed by atoms with Crippen molar-refractivity contribution >= 4 is 11.7 Å². The van der Waals surface area contributed by atoms with Crippen LogP contribution in [0.5, 0.6) is 0 Å². The van der Waals surface area contributed by atoms with Gasteiger partial charge < -0.3 is 5.32 Å². The van der Waals surface area contributed by atoms with Gasteiger partial charge in [0.2, 0.25) is 0 Å². The highest BCUT2D eigenvalue weighted by Crippen LogP contribution is 2.09. The van der Waals surface area contributed by atoms with Crippen LogP contribution < -0.4 is 5.32 Å². The Kier molecular flexibility index (Phi) is 3.50. The van der Waals surface area contributed by atoms with E-state index in [4.69, 9.17) is 0 Å². The molecular formula is C14H11F2N5O. The maximum atomic E-state index is 13.1. The lowest BCUT2D eigenvalue weighted by Crippen LogP contribution is -2.25. The quantitative estimate of drug-likeness (QED) is 0.798. The van der Waals surface area contributed by atoms with Gasteiger partial charge in [-0.15, -0.1) is 0 Å². The third-order valence-electron chi connectivity index (χ3n) is 3.05. The molecule has 0 fully saturated rings. The lowest BCUT2D eigenvalue weighted by molar-refractivity contribution is 0.0943. The van der Waals surface area contributed by atoms with Crippen LogP contribution in [0.15, 0.2) is 30.6 Å². The van der Waals surface area contributed by atoms with Crippen LogP contribution in [0.25, 0.3) is 5.78 Å². The largest absolute Gasteiger partial charge is 0.347 e. The Balaban J connectivity index is 1.81. The molecule has 3 rings (SSSR count). The zero-order valence-corrected chi connectivity index (χ0v) is 11.5. The number of benzene rings is 1. The number of carbonyl (C=O) groups excluding carboxylic acids is 1. The summed E-state index contributed by atoms with van der Waals surface area (Å²) in [5, 5.41) is 6.56. The van der Waals surface area contributed by atoms with E-state index in [1.54, 1.807) is 13.0 Å². The number of rotatable bonds is 3. The number of carbonyl (C=O) groups is 1. The second-order valence-electron chi connectivity index (χ2n) is 4.69. The number of nitrogens with one attached hydrogen (secondary N) is 1. The number of amides is 1. The molecular weight excluding hydrogens is 292 g/mol. The first-order valence-electron chi connectivity index (χ1n) is 6.44. The van der Waals surface area contributed by atoms with Gasteiger partial charge in [-0.25, -0.2) is 13.8 Å². The lowest BCUT2D eigenvalue weighted by Gasteiger charge is -2.07. The molecule has 112 valence electrons. The van der Waals surface area contributed by atoms with E-state index < -0.39 is 17.5 Å². The van der Waals surface area contributed by atoms with Crippen LogP contribution in [-0.2, 0) is 6.54 Å². The Bertz CT molecular complexity index is 862. The number of hydrogen-bond donors (Lipinski definition) is 1. The van der Waals surface area contributed by atoms with Crippen molar-refractivity contribution in [3.8, 4) is 0 Å². The highest BCUT2D eigenvalue weighted by molar-refractivity contribution is 5.92. The molecule has 0 atom stereocenters. The molecule has 22 heavy (non-hydrogen) atoms. The van der Waals surface area contributed by atoms with Crippen molar-refractivity contribution in [2.24, 2.45) is 0 Å². The number of hydrogen-bond acceptors (Lipinski definition) is 4. The van der Waals surface area contributed by atoms with Gasteiger partial charge in [-0.05, 0) is 30.7 Å². The van der Waals surface area contributed by atoms with Crippen molar-refractivity contribution in [2.45, 2.75) is 13.5 Å². The fraction of sp³-hybridized carbons (Fsp3) is 0.143. The lowest BCUT2D eigenvalue weighted by atomic mass is 10.2. The summed E-state index contributed by atoms with van der Waals surface area (Å²) in [6.07, 6.45) is 1.30. The monoisotopic (exact) mass is 303 g/mol. The van der Waals surface area contributed by atoms with E-state index >= 15 is 0 Å². The molecule has 0 bridgehead atoms. The molecule has 0 aliphatic heterocycles. The second-order valence-corrected chi connectivity index (χ2v) is 4.69. The smallest absolute Gasteiger partial charge is 0.270 e. The molecule has 8 heteroatoms. The van der Waals surface area contributed by atoms with E-state index in [0.717, 1.165) is 12.1 Å². The molecule has 0 aliphatic carbocycles. The van der Waals surface area contributed by atoms with Crippen molar-refractivity contribution in [1.82, 2.24) is 24.9 Å². The molecule has 1 aromatic carbocycles. The number of fused-ring (bicyclic) bond motifs is 1. The van der Waals surface area contributed by atoms with Gasteiger partial charge in [0.15, 0.2) is 11.6 Å². The molecule has 6 nitrogen and oxygen atoms in total. The fourth-order valence-electron chi connectivity index (χ4n) is 2.01. The van der Waals surface area contributed by atoms with Crippen LogP contribution in [0.3, 0.4) is 0 Å². The van der Waals surface area contributed by atoms with E-state index in [0.29, 0.717) is 17.0 Å². The summed E-state index contributed by atoms with van der Waals surface area (Å²) in [4.78, 5) is 20.3. The Labute approximate surface area is 123 Å². The van der Waals surface area contributed by atoms with E-state index in [1.807, 2.05) is 0 Å². The molecule has 0 radical (unpaired) electrons. The minimum absolute atomic E-state index is 0.0631. The van der Waals surface area contributed by atoms with Gasteiger partial charge in [-0.3, -0.25) is 4.79 Å². The topological polar surface area (TPSA) is 72.2 Å². The summed E-state index contributed by atoms with van der Waals surface area (Å²) in [7, 11) is 0. The van der Waals surface area contributed by atoms with E-state index in [2.05, 4.69) is 20.4 Å². The average Bonchev–Trinajstić information content (AvgIpc) is 2.95. The van der Waals surface area contributed by atoms with E-state index in [1.165, 1.54) is 16.9 Å². The number of halogens is 2. The maximum Gasteiger partial charge on any atom is 0.270 e. The summed E-state index contributed by atoms with van der Waals surface area (Å²) in [5.41, 5.74) is 1.34. The summed E-state index contributed by atoms with van der Waals surface area (Å²) in [6.45, 7) is 1.80. The van der Waals surface area contributed by atoms with Crippen molar-refractivity contribution in [3.63, 3.8) is 0 Å². The van der Waals surface area contributed by atoms with Crippen LogP contribution >= 0.6 is 0 Å². The average molecular weight is 303 g/mol. The SMILES string of the molecule is Cc1cc(C(=O)NCc2ccc(F)c(F)c2)n2ncnc2n1.